The lowest BCUT2D eigenvalue weighted by molar-refractivity contribution is -0.136. The minimum atomic E-state index is -4.50. The second-order valence-corrected chi connectivity index (χ2v) is 4.28. The van der Waals surface area contributed by atoms with Crippen molar-refractivity contribution >= 4 is 11.4 Å². The molecule has 0 heterocycles. The van der Waals surface area contributed by atoms with Crippen LogP contribution in [0.4, 0.5) is 28.9 Å². The van der Waals surface area contributed by atoms with Gasteiger partial charge in [-0.05, 0) is 35.9 Å². The summed E-state index contributed by atoms with van der Waals surface area (Å²) in [6.45, 7) is 0.221. The second-order valence-electron chi connectivity index (χ2n) is 4.28. The van der Waals surface area contributed by atoms with Crippen LogP contribution in [0.25, 0.3) is 0 Å². The largest absolute Gasteiger partial charge is 0.418 e. The average Bonchev–Trinajstić information content (AvgIpc) is 2.36. The number of nitrogens with one attached hydrogen (secondary N) is 1. The van der Waals surface area contributed by atoms with Gasteiger partial charge in [0.2, 0.25) is 0 Å². The van der Waals surface area contributed by atoms with Crippen molar-refractivity contribution in [1.29, 1.82) is 0 Å². The van der Waals surface area contributed by atoms with Crippen LogP contribution in [0.1, 0.15) is 11.1 Å². The molecule has 2 aromatic carbocycles. The number of halogens is 4. The SMILES string of the molecule is Nc1ccc(NCc2cccc(F)c2)cc1C(F)(F)F. The number of rotatable bonds is 3. The first kappa shape index (κ1) is 14.2. The van der Waals surface area contributed by atoms with Crippen LogP contribution in [-0.2, 0) is 12.7 Å². The Balaban J connectivity index is 2.14. The fraction of sp³-hybridized carbons (Fsp3) is 0.143. The van der Waals surface area contributed by atoms with Gasteiger partial charge < -0.3 is 11.1 Å². The van der Waals surface area contributed by atoms with Crippen molar-refractivity contribution in [3.8, 4) is 0 Å². The van der Waals surface area contributed by atoms with E-state index >= 15 is 0 Å². The summed E-state index contributed by atoms with van der Waals surface area (Å²) in [6, 6.07) is 9.41. The van der Waals surface area contributed by atoms with Gasteiger partial charge in [-0.3, -0.25) is 0 Å². The second kappa shape index (κ2) is 5.40. The zero-order chi connectivity index (χ0) is 14.8. The van der Waals surface area contributed by atoms with E-state index in [0.717, 1.165) is 6.07 Å². The fourth-order valence-electron chi connectivity index (χ4n) is 1.76. The maximum absolute atomic E-state index is 13.0. The molecule has 0 saturated carbocycles. The van der Waals surface area contributed by atoms with Crippen molar-refractivity contribution in [2.75, 3.05) is 11.1 Å². The van der Waals surface area contributed by atoms with Gasteiger partial charge in [0, 0.05) is 17.9 Å². The van der Waals surface area contributed by atoms with Crippen molar-refractivity contribution < 1.29 is 17.6 Å². The molecular weight excluding hydrogens is 272 g/mol. The molecule has 0 saturated heterocycles. The van der Waals surface area contributed by atoms with Gasteiger partial charge in [-0.2, -0.15) is 13.2 Å². The minimum Gasteiger partial charge on any atom is -0.398 e. The molecule has 0 radical (unpaired) electrons. The van der Waals surface area contributed by atoms with E-state index in [0.29, 0.717) is 5.56 Å². The normalized spacial score (nSPS) is 11.4. The van der Waals surface area contributed by atoms with E-state index in [4.69, 9.17) is 5.73 Å². The Morgan fingerprint density at radius 1 is 1.05 bits per heavy atom. The molecule has 6 heteroatoms. The Morgan fingerprint density at radius 3 is 2.45 bits per heavy atom. The summed E-state index contributed by atoms with van der Waals surface area (Å²) in [4.78, 5) is 0. The standard InChI is InChI=1S/C14H12F4N2/c15-10-3-1-2-9(6-10)8-20-11-4-5-13(19)12(7-11)14(16,17)18/h1-7,20H,8,19H2. The van der Waals surface area contributed by atoms with Crippen LogP contribution in [0.5, 0.6) is 0 Å². The van der Waals surface area contributed by atoms with Gasteiger partial charge >= 0.3 is 6.18 Å². The topological polar surface area (TPSA) is 38.0 Å². The van der Waals surface area contributed by atoms with E-state index in [1.165, 1.54) is 30.3 Å². The van der Waals surface area contributed by atoms with E-state index in [9.17, 15) is 17.6 Å². The van der Waals surface area contributed by atoms with Crippen molar-refractivity contribution in [3.63, 3.8) is 0 Å². The molecule has 20 heavy (non-hydrogen) atoms. The number of anilines is 2. The summed E-state index contributed by atoms with van der Waals surface area (Å²) < 4.78 is 51.0. The number of hydrogen-bond donors (Lipinski definition) is 2. The van der Waals surface area contributed by atoms with Crippen LogP contribution in [0, 0.1) is 5.82 Å². The maximum atomic E-state index is 13.0. The predicted molar refractivity (Wildman–Crippen MR) is 69.6 cm³/mol. The van der Waals surface area contributed by atoms with Gasteiger partial charge in [-0.15, -0.1) is 0 Å². The number of hydrogen-bond acceptors (Lipinski definition) is 2. The van der Waals surface area contributed by atoms with E-state index in [-0.39, 0.29) is 17.9 Å². The van der Waals surface area contributed by atoms with Crippen molar-refractivity contribution in [1.82, 2.24) is 0 Å². The highest BCUT2D eigenvalue weighted by Gasteiger charge is 2.33. The monoisotopic (exact) mass is 284 g/mol. The molecule has 0 aromatic heterocycles. The lowest BCUT2D eigenvalue weighted by Crippen LogP contribution is -2.10. The number of nitrogens with two attached hydrogens (primary N) is 1. The summed E-state index contributed by atoms with van der Waals surface area (Å²) in [5.74, 6) is -0.391. The van der Waals surface area contributed by atoms with E-state index in [2.05, 4.69) is 5.32 Å². The molecule has 0 atom stereocenters. The molecule has 3 N–H and O–H groups in total. The van der Waals surface area contributed by atoms with Gasteiger partial charge in [0.1, 0.15) is 5.82 Å². The first-order valence-corrected chi connectivity index (χ1v) is 5.81. The molecule has 2 aromatic rings. The molecule has 106 valence electrons. The van der Waals surface area contributed by atoms with Crippen LogP contribution < -0.4 is 11.1 Å². The van der Waals surface area contributed by atoms with Crippen molar-refractivity contribution in [2.45, 2.75) is 12.7 Å². The molecule has 2 nitrogen and oxygen atoms in total. The number of benzene rings is 2. The summed E-state index contributed by atoms with van der Waals surface area (Å²) >= 11 is 0. The Kier molecular flexibility index (Phi) is 3.83. The molecular formula is C14H12F4N2. The molecule has 0 unspecified atom stereocenters. The van der Waals surface area contributed by atoms with Crippen LogP contribution in [0.3, 0.4) is 0 Å². The first-order valence-electron chi connectivity index (χ1n) is 5.81. The number of nitrogen functional groups attached to an aromatic ring is 1. The van der Waals surface area contributed by atoms with Gasteiger partial charge in [0.15, 0.2) is 0 Å². The predicted octanol–water partition coefficient (Wildman–Crippen LogP) is 4.04. The van der Waals surface area contributed by atoms with Crippen LogP contribution in [0.15, 0.2) is 42.5 Å². The number of alkyl halides is 3. The zero-order valence-electron chi connectivity index (χ0n) is 10.3. The maximum Gasteiger partial charge on any atom is 0.418 e. The molecule has 0 bridgehead atoms. The smallest absolute Gasteiger partial charge is 0.398 e. The van der Waals surface area contributed by atoms with E-state index in [1.54, 1.807) is 6.07 Å². The Hall–Kier alpha value is -2.24. The highest BCUT2D eigenvalue weighted by Crippen LogP contribution is 2.35. The molecule has 0 spiro atoms. The summed E-state index contributed by atoms with van der Waals surface area (Å²) in [6.07, 6.45) is -4.50. The van der Waals surface area contributed by atoms with Crippen LogP contribution in [-0.4, -0.2) is 0 Å². The minimum absolute atomic E-state index is 0.221. The lowest BCUT2D eigenvalue weighted by atomic mass is 10.1. The van der Waals surface area contributed by atoms with Gasteiger partial charge in [0.05, 0.1) is 5.56 Å². The van der Waals surface area contributed by atoms with Crippen molar-refractivity contribution in [3.05, 3.63) is 59.4 Å². The summed E-state index contributed by atoms with van der Waals surface area (Å²) in [5, 5.41) is 2.81. The first-order chi connectivity index (χ1) is 9.36. The molecule has 0 aliphatic heterocycles. The van der Waals surface area contributed by atoms with E-state index in [1.807, 2.05) is 0 Å². The van der Waals surface area contributed by atoms with Crippen molar-refractivity contribution in [2.24, 2.45) is 0 Å². The Bertz CT molecular complexity index is 608. The van der Waals surface area contributed by atoms with Gasteiger partial charge in [-0.25, -0.2) is 4.39 Å². The van der Waals surface area contributed by atoms with Gasteiger partial charge in [-0.1, -0.05) is 12.1 Å². The highest BCUT2D eigenvalue weighted by atomic mass is 19.4. The van der Waals surface area contributed by atoms with Crippen LogP contribution >= 0.6 is 0 Å². The third-order valence-corrected chi connectivity index (χ3v) is 2.74. The highest BCUT2D eigenvalue weighted by molar-refractivity contribution is 5.58. The lowest BCUT2D eigenvalue weighted by Gasteiger charge is -2.13. The Labute approximate surface area is 113 Å². The zero-order valence-corrected chi connectivity index (χ0v) is 10.3. The molecule has 0 amide bonds. The third-order valence-electron chi connectivity index (χ3n) is 2.74. The molecule has 0 fully saturated rings. The summed E-state index contributed by atoms with van der Waals surface area (Å²) in [5.41, 5.74) is 5.00. The Morgan fingerprint density at radius 2 is 1.80 bits per heavy atom. The van der Waals surface area contributed by atoms with Crippen LogP contribution in [0.2, 0.25) is 0 Å². The molecule has 0 aliphatic rings. The molecule has 2 rings (SSSR count). The summed E-state index contributed by atoms with van der Waals surface area (Å²) in [7, 11) is 0. The molecule has 0 aliphatic carbocycles. The van der Waals surface area contributed by atoms with E-state index < -0.39 is 17.6 Å². The quantitative estimate of drug-likeness (QED) is 0.659. The fourth-order valence-corrected chi connectivity index (χ4v) is 1.76. The van der Waals surface area contributed by atoms with Gasteiger partial charge in [0.25, 0.3) is 0 Å². The average molecular weight is 284 g/mol. The third kappa shape index (κ3) is 3.40.